The van der Waals surface area contributed by atoms with Gasteiger partial charge in [-0.3, -0.25) is 14.0 Å². The average Bonchev–Trinajstić information content (AvgIpc) is 3.63. The third-order valence-electron chi connectivity index (χ3n) is 7.88. The van der Waals surface area contributed by atoms with E-state index in [1.165, 1.54) is 22.6 Å². The van der Waals surface area contributed by atoms with Gasteiger partial charge in [0.2, 0.25) is 0 Å². The lowest BCUT2D eigenvalue weighted by Gasteiger charge is -2.30. The average molecular weight is 757 g/mol. The van der Waals surface area contributed by atoms with Crippen LogP contribution in [0.15, 0.2) is 109 Å². The standard InChI is InChI=1S/C22H25NO5S.C18H21N3O2.C2H6/c1-16-9-11-19(12-10-16)29(25,26)27-15-18-14-23(21(24)28-22(2,3)4)13-17-7-5-6-8-20(17)18;1-18(2,3)23-17(22)21-11-14-6-4-5-7-16(14)15(12-21)10-20-9-8-19-13-20;1-2/h5-12,14H,13,15H2,1-4H3;4-9,12-13H,10-11H2,1-3H3;1-2H3. The van der Waals surface area contributed by atoms with Gasteiger partial charge in [0.05, 0.1) is 37.5 Å². The van der Waals surface area contributed by atoms with Crippen LogP contribution in [-0.2, 0) is 43.4 Å². The fourth-order valence-electron chi connectivity index (χ4n) is 5.52. The van der Waals surface area contributed by atoms with Gasteiger partial charge in [0.1, 0.15) is 11.2 Å². The summed E-state index contributed by atoms with van der Waals surface area (Å²) < 4.78 is 43.3. The molecule has 0 unspecified atom stereocenters. The molecule has 2 aliphatic rings. The van der Waals surface area contributed by atoms with Crippen LogP contribution >= 0.6 is 0 Å². The minimum atomic E-state index is -3.92. The molecule has 0 bridgehead atoms. The third kappa shape index (κ3) is 11.6. The minimum absolute atomic E-state index is 0.0943. The van der Waals surface area contributed by atoms with E-state index in [-0.39, 0.29) is 17.6 Å². The van der Waals surface area contributed by atoms with E-state index in [0.717, 1.165) is 27.8 Å². The number of hydrogen-bond acceptors (Lipinski definition) is 8. The molecular weight excluding hydrogens is 705 g/mol. The molecule has 1 aromatic heterocycles. The molecule has 0 atom stereocenters. The Kier molecular flexibility index (Phi) is 13.7. The van der Waals surface area contributed by atoms with Crippen molar-refractivity contribution < 1.29 is 31.7 Å². The summed E-state index contributed by atoms with van der Waals surface area (Å²) in [5, 5.41) is 0. The summed E-state index contributed by atoms with van der Waals surface area (Å²) in [6.07, 6.45) is 8.10. The number of aryl methyl sites for hydroxylation is 1. The van der Waals surface area contributed by atoms with Crippen LogP contribution in [-0.4, -0.2) is 57.8 Å². The largest absolute Gasteiger partial charge is 0.443 e. The van der Waals surface area contributed by atoms with Gasteiger partial charge in [-0.05, 0) is 88.4 Å². The number of imidazole rings is 1. The smallest absolute Gasteiger partial charge is 0.414 e. The lowest BCUT2D eigenvalue weighted by molar-refractivity contribution is 0.0310. The molecule has 0 saturated heterocycles. The maximum atomic E-state index is 12.5. The zero-order chi connectivity index (χ0) is 39.7. The molecule has 0 aliphatic carbocycles. The van der Waals surface area contributed by atoms with Gasteiger partial charge in [-0.15, -0.1) is 0 Å². The lowest BCUT2D eigenvalue weighted by Crippen LogP contribution is -2.35. The molecular formula is C42H52N4O7S. The normalized spacial score (nSPS) is 13.8. The van der Waals surface area contributed by atoms with Gasteiger partial charge in [-0.25, -0.2) is 14.6 Å². The molecule has 6 rings (SSSR count). The fourth-order valence-corrected chi connectivity index (χ4v) is 6.41. The topological polar surface area (TPSA) is 120 Å². The van der Waals surface area contributed by atoms with Gasteiger partial charge in [-0.1, -0.05) is 80.1 Å². The molecule has 2 amide bonds. The molecule has 4 aromatic rings. The van der Waals surface area contributed by atoms with E-state index >= 15 is 0 Å². The predicted octanol–water partition coefficient (Wildman–Crippen LogP) is 9.19. The Bertz CT molecular complexity index is 2060. The zero-order valence-electron chi connectivity index (χ0n) is 32.7. The van der Waals surface area contributed by atoms with Crippen LogP contribution in [0, 0.1) is 6.92 Å². The number of hydrogen-bond donors (Lipinski definition) is 0. The van der Waals surface area contributed by atoms with Crippen LogP contribution < -0.4 is 0 Å². The highest BCUT2D eigenvalue weighted by atomic mass is 32.2. The molecule has 288 valence electrons. The molecule has 3 heterocycles. The number of rotatable bonds is 6. The number of aromatic nitrogens is 2. The Hall–Kier alpha value is -5.20. The van der Waals surface area contributed by atoms with Gasteiger partial charge in [-0.2, -0.15) is 8.42 Å². The van der Waals surface area contributed by atoms with Crippen LogP contribution in [0.4, 0.5) is 9.59 Å². The minimum Gasteiger partial charge on any atom is -0.443 e. The van der Waals surface area contributed by atoms with Crippen molar-refractivity contribution in [1.82, 2.24) is 19.4 Å². The Morgan fingerprint density at radius 2 is 1.20 bits per heavy atom. The molecule has 0 N–H and O–H groups in total. The molecule has 0 spiro atoms. The molecule has 12 heteroatoms. The van der Waals surface area contributed by atoms with Crippen molar-refractivity contribution in [3.8, 4) is 0 Å². The summed E-state index contributed by atoms with van der Waals surface area (Å²) >= 11 is 0. The second-order valence-corrected chi connectivity index (χ2v) is 16.2. The van der Waals surface area contributed by atoms with Crippen LogP contribution in [0.2, 0.25) is 0 Å². The van der Waals surface area contributed by atoms with Crippen molar-refractivity contribution in [1.29, 1.82) is 0 Å². The number of benzene rings is 3. The van der Waals surface area contributed by atoms with Crippen LogP contribution in [0.25, 0.3) is 11.1 Å². The maximum absolute atomic E-state index is 12.5. The Morgan fingerprint density at radius 3 is 1.69 bits per heavy atom. The van der Waals surface area contributed by atoms with E-state index in [0.29, 0.717) is 25.2 Å². The first-order chi connectivity index (χ1) is 25.5. The van der Waals surface area contributed by atoms with E-state index in [1.807, 2.05) is 101 Å². The second kappa shape index (κ2) is 17.7. The molecule has 2 aliphatic heterocycles. The molecule has 0 fully saturated rings. The van der Waals surface area contributed by atoms with Gasteiger partial charge in [0, 0.05) is 30.4 Å². The third-order valence-corrected chi connectivity index (χ3v) is 9.16. The number of fused-ring (bicyclic) bond motifs is 2. The predicted molar refractivity (Wildman–Crippen MR) is 210 cm³/mol. The summed E-state index contributed by atoms with van der Waals surface area (Å²) in [4.78, 5) is 32.2. The van der Waals surface area contributed by atoms with Gasteiger partial charge >= 0.3 is 12.2 Å². The van der Waals surface area contributed by atoms with Crippen molar-refractivity contribution in [2.45, 2.75) is 98.0 Å². The summed E-state index contributed by atoms with van der Waals surface area (Å²) in [7, 11) is -3.92. The molecule has 3 aromatic carbocycles. The quantitative estimate of drug-likeness (QED) is 0.179. The number of ether oxygens (including phenoxy) is 2. The van der Waals surface area contributed by atoms with Crippen molar-refractivity contribution in [3.05, 3.63) is 132 Å². The first kappa shape index (κ1) is 41.6. The fraction of sp³-hybridized carbons (Fsp3) is 0.357. The van der Waals surface area contributed by atoms with E-state index in [1.54, 1.807) is 56.5 Å². The van der Waals surface area contributed by atoms with Gasteiger partial charge in [0.15, 0.2) is 0 Å². The van der Waals surface area contributed by atoms with E-state index in [9.17, 15) is 18.0 Å². The molecule has 11 nitrogen and oxygen atoms in total. The Balaban J connectivity index is 0.000000235. The highest BCUT2D eigenvalue weighted by Gasteiger charge is 2.28. The van der Waals surface area contributed by atoms with E-state index in [4.69, 9.17) is 13.7 Å². The highest BCUT2D eigenvalue weighted by Crippen LogP contribution is 2.30. The number of carbonyl (C=O) groups excluding carboxylic acids is 2. The van der Waals surface area contributed by atoms with Crippen molar-refractivity contribution in [3.63, 3.8) is 0 Å². The van der Waals surface area contributed by atoms with Crippen molar-refractivity contribution in [2.24, 2.45) is 0 Å². The van der Waals surface area contributed by atoms with Crippen LogP contribution in [0.3, 0.4) is 0 Å². The molecule has 0 radical (unpaired) electrons. The first-order valence-electron chi connectivity index (χ1n) is 18.0. The SMILES string of the molecule is CC.CC(C)(C)OC(=O)N1C=C(Cn2ccnc2)c2ccccc2C1.Cc1ccc(S(=O)(=O)OCC2=CN(C(=O)OC(C)(C)C)Cc3ccccc32)cc1. The first-order valence-corrected chi connectivity index (χ1v) is 19.4. The summed E-state index contributed by atoms with van der Waals surface area (Å²) in [6, 6.07) is 22.1. The summed E-state index contributed by atoms with van der Waals surface area (Å²) in [5.41, 5.74) is 5.51. The number of carbonyl (C=O) groups is 2. The van der Waals surface area contributed by atoms with E-state index < -0.39 is 27.4 Å². The van der Waals surface area contributed by atoms with Crippen LogP contribution in [0.1, 0.15) is 83.2 Å². The van der Waals surface area contributed by atoms with Crippen molar-refractivity contribution >= 4 is 33.5 Å². The van der Waals surface area contributed by atoms with E-state index in [2.05, 4.69) is 11.1 Å². The van der Waals surface area contributed by atoms with Gasteiger partial charge < -0.3 is 14.0 Å². The highest BCUT2D eigenvalue weighted by molar-refractivity contribution is 7.86. The van der Waals surface area contributed by atoms with Crippen molar-refractivity contribution in [2.75, 3.05) is 6.61 Å². The summed E-state index contributed by atoms with van der Waals surface area (Å²) in [5.74, 6) is 0. The van der Waals surface area contributed by atoms with Crippen LogP contribution in [0.5, 0.6) is 0 Å². The Morgan fingerprint density at radius 1 is 0.722 bits per heavy atom. The number of amides is 2. The summed E-state index contributed by atoms with van der Waals surface area (Å²) in [6.45, 7) is 18.2. The second-order valence-electron chi connectivity index (χ2n) is 14.6. The monoisotopic (exact) mass is 756 g/mol. The lowest BCUT2D eigenvalue weighted by atomic mass is 9.97. The zero-order valence-corrected chi connectivity index (χ0v) is 33.5. The number of allylic oxidation sites excluding steroid dienone is 1. The number of nitrogens with zero attached hydrogens (tertiary/aromatic N) is 4. The molecule has 54 heavy (non-hydrogen) atoms. The van der Waals surface area contributed by atoms with Gasteiger partial charge in [0.25, 0.3) is 10.1 Å². The molecule has 0 saturated carbocycles. The maximum Gasteiger partial charge on any atom is 0.414 e. The Labute approximate surface area is 320 Å².